The van der Waals surface area contributed by atoms with E-state index in [4.69, 9.17) is 5.73 Å². The second kappa shape index (κ2) is 5.61. The van der Waals surface area contributed by atoms with Crippen LogP contribution in [0.25, 0.3) is 0 Å². The minimum Gasteiger partial charge on any atom is -0.350 e. The van der Waals surface area contributed by atoms with Crippen LogP contribution in [0, 0.1) is 0 Å². The van der Waals surface area contributed by atoms with Crippen molar-refractivity contribution >= 4 is 5.91 Å². The second-order valence-corrected chi connectivity index (χ2v) is 3.90. The number of hydrogen-bond donors (Lipinski definition) is 2. The summed E-state index contributed by atoms with van der Waals surface area (Å²) >= 11 is 0. The number of amides is 1. The van der Waals surface area contributed by atoms with Crippen LogP contribution in [0.2, 0.25) is 0 Å². The summed E-state index contributed by atoms with van der Waals surface area (Å²) in [5.74, 6) is -0.0886. The molecular formula is C12H19N3O. The van der Waals surface area contributed by atoms with Crippen molar-refractivity contribution in [3.8, 4) is 0 Å². The molecule has 4 heteroatoms. The summed E-state index contributed by atoms with van der Waals surface area (Å²) in [6, 6.07) is 3.74. The van der Waals surface area contributed by atoms with Crippen molar-refractivity contribution in [3.63, 3.8) is 0 Å². The Morgan fingerprint density at radius 2 is 1.94 bits per heavy atom. The van der Waals surface area contributed by atoms with Crippen LogP contribution in [0.15, 0.2) is 24.5 Å². The maximum Gasteiger partial charge on any atom is 0.240 e. The lowest BCUT2D eigenvalue weighted by Crippen LogP contribution is -2.52. The molecule has 0 saturated carbocycles. The van der Waals surface area contributed by atoms with Crippen LogP contribution in [0.1, 0.15) is 32.3 Å². The number of carbonyl (C=O) groups is 1. The van der Waals surface area contributed by atoms with Gasteiger partial charge < -0.3 is 11.1 Å². The predicted molar refractivity (Wildman–Crippen MR) is 63.6 cm³/mol. The molecule has 1 heterocycles. The molecule has 0 spiro atoms. The highest BCUT2D eigenvalue weighted by Crippen LogP contribution is 2.11. The summed E-state index contributed by atoms with van der Waals surface area (Å²) in [6.45, 7) is 4.35. The van der Waals surface area contributed by atoms with E-state index in [0.29, 0.717) is 19.4 Å². The first-order chi connectivity index (χ1) is 7.62. The predicted octanol–water partition coefficient (Wildman–Crippen LogP) is 1.22. The van der Waals surface area contributed by atoms with Gasteiger partial charge in [-0.05, 0) is 30.5 Å². The number of pyridine rings is 1. The van der Waals surface area contributed by atoms with E-state index in [1.54, 1.807) is 12.4 Å². The molecule has 16 heavy (non-hydrogen) atoms. The molecule has 0 aliphatic rings. The first kappa shape index (κ1) is 12.6. The minimum absolute atomic E-state index is 0.0886. The van der Waals surface area contributed by atoms with E-state index in [1.807, 2.05) is 26.0 Å². The third-order valence-corrected chi connectivity index (χ3v) is 2.92. The average Bonchev–Trinajstić information content (AvgIpc) is 2.36. The largest absolute Gasteiger partial charge is 0.350 e. The van der Waals surface area contributed by atoms with Crippen LogP contribution in [-0.2, 0) is 11.3 Å². The van der Waals surface area contributed by atoms with Crippen LogP contribution in [0.5, 0.6) is 0 Å². The summed E-state index contributed by atoms with van der Waals surface area (Å²) in [7, 11) is 0. The van der Waals surface area contributed by atoms with E-state index in [9.17, 15) is 4.79 Å². The first-order valence-corrected chi connectivity index (χ1v) is 5.58. The Bertz CT molecular complexity index is 333. The van der Waals surface area contributed by atoms with Crippen molar-refractivity contribution in [1.29, 1.82) is 0 Å². The van der Waals surface area contributed by atoms with Crippen molar-refractivity contribution in [2.24, 2.45) is 5.73 Å². The third-order valence-electron chi connectivity index (χ3n) is 2.92. The summed E-state index contributed by atoms with van der Waals surface area (Å²) in [5, 5.41) is 2.85. The van der Waals surface area contributed by atoms with E-state index in [2.05, 4.69) is 10.3 Å². The molecule has 0 atom stereocenters. The Hall–Kier alpha value is -1.42. The minimum atomic E-state index is -0.743. The van der Waals surface area contributed by atoms with E-state index in [-0.39, 0.29) is 5.91 Å². The highest BCUT2D eigenvalue weighted by molar-refractivity contribution is 5.85. The molecule has 0 bridgehead atoms. The molecule has 0 fully saturated rings. The van der Waals surface area contributed by atoms with Gasteiger partial charge in [-0.3, -0.25) is 9.78 Å². The Kier molecular flexibility index (Phi) is 4.43. The lowest BCUT2D eigenvalue weighted by Gasteiger charge is -2.25. The van der Waals surface area contributed by atoms with Gasteiger partial charge in [0, 0.05) is 18.9 Å². The zero-order chi connectivity index (χ0) is 12.0. The standard InChI is InChI=1S/C12H19N3O/c1-3-12(13,4-2)11(16)15-9-10-5-7-14-8-6-10/h5-8H,3-4,9,13H2,1-2H3,(H,15,16). The zero-order valence-electron chi connectivity index (χ0n) is 9.86. The Morgan fingerprint density at radius 3 is 2.44 bits per heavy atom. The number of nitrogens with one attached hydrogen (secondary N) is 1. The van der Waals surface area contributed by atoms with Gasteiger partial charge in [0.2, 0.25) is 5.91 Å². The molecule has 0 saturated heterocycles. The summed E-state index contributed by atoms with van der Waals surface area (Å²) in [4.78, 5) is 15.8. The van der Waals surface area contributed by atoms with Crippen molar-refractivity contribution in [2.45, 2.75) is 38.8 Å². The van der Waals surface area contributed by atoms with Crippen molar-refractivity contribution < 1.29 is 4.79 Å². The molecule has 1 amide bonds. The Morgan fingerprint density at radius 1 is 1.38 bits per heavy atom. The van der Waals surface area contributed by atoms with Gasteiger partial charge >= 0.3 is 0 Å². The normalized spacial score (nSPS) is 11.2. The molecule has 1 aromatic heterocycles. The SMILES string of the molecule is CCC(N)(CC)C(=O)NCc1ccncc1. The van der Waals surface area contributed by atoms with Crippen molar-refractivity contribution in [3.05, 3.63) is 30.1 Å². The van der Waals surface area contributed by atoms with Crippen LogP contribution >= 0.6 is 0 Å². The van der Waals surface area contributed by atoms with E-state index < -0.39 is 5.54 Å². The number of hydrogen-bond acceptors (Lipinski definition) is 3. The monoisotopic (exact) mass is 221 g/mol. The van der Waals surface area contributed by atoms with Gasteiger partial charge in [0.15, 0.2) is 0 Å². The van der Waals surface area contributed by atoms with Gasteiger partial charge in [-0.15, -0.1) is 0 Å². The van der Waals surface area contributed by atoms with Gasteiger partial charge in [0.25, 0.3) is 0 Å². The van der Waals surface area contributed by atoms with Crippen LogP contribution in [0.3, 0.4) is 0 Å². The van der Waals surface area contributed by atoms with Gasteiger partial charge in [0.1, 0.15) is 0 Å². The quantitative estimate of drug-likeness (QED) is 0.785. The maximum absolute atomic E-state index is 11.8. The van der Waals surface area contributed by atoms with Crippen molar-refractivity contribution in [2.75, 3.05) is 0 Å². The molecule has 0 aliphatic carbocycles. The van der Waals surface area contributed by atoms with Gasteiger partial charge in [-0.25, -0.2) is 0 Å². The van der Waals surface area contributed by atoms with Gasteiger partial charge in [-0.1, -0.05) is 13.8 Å². The molecule has 1 aromatic rings. The van der Waals surface area contributed by atoms with Crippen LogP contribution < -0.4 is 11.1 Å². The lowest BCUT2D eigenvalue weighted by molar-refractivity contribution is -0.126. The maximum atomic E-state index is 11.8. The number of aromatic nitrogens is 1. The van der Waals surface area contributed by atoms with Crippen LogP contribution in [-0.4, -0.2) is 16.4 Å². The molecule has 88 valence electrons. The van der Waals surface area contributed by atoms with Crippen LogP contribution in [0.4, 0.5) is 0 Å². The Labute approximate surface area is 96.3 Å². The zero-order valence-corrected chi connectivity index (χ0v) is 9.86. The fraction of sp³-hybridized carbons (Fsp3) is 0.500. The number of nitrogens with zero attached hydrogens (tertiary/aromatic N) is 1. The number of rotatable bonds is 5. The first-order valence-electron chi connectivity index (χ1n) is 5.58. The van der Waals surface area contributed by atoms with Crippen molar-refractivity contribution in [1.82, 2.24) is 10.3 Å². The fourth-order valence-corrected chi connectivity index (χ4v) is 1.43. The summed E-state index contributed by atoms with van der Waals surface area (Å²) < 4.78 is 0. The van der Waals surface area contributed by atoms with Gasteiger partial charge in [0.05, 0.1) is 5.54 Å². The smallest absolute Gasteiger partial charge is 0.240 e. The molecule has 0 radical (unpaired) electrons. The molecule has 0 aliphatic heterocycles. The molecule has 4 nitrogen and oxygen atoms in total. The summed E-state index contributed by atoms with van der Waals surface area (Å²) in [5.41, 5.74) is 6.26. The third kappa shape index (κ3) is 3.03. The topological polar surface area (TPSA) is 68.0 Å². The molecule has 0 unspecified atom stereocenters. The Balaban J connectivity index is 2.53. The molecule has 1 rings (SSSR count). The molecule has 0 aromatic carbocycles. The second-order valence-electron chi connectivity index (χ2n) is 3.90. The highest BCUT2D eigenvalue weighted by Gasteiger charge is 2.29. The molecular weight excluding hydrogens is 202 g/mol. The van der Waals surface area contributed by atoms with E-state index in [1.165, 1.54) is 0 Å². The molecule has 3 N–H and O–H groups in total. The van der Waals surface area contributed by atoms with E-state index >= 15 is 0 Å². The number of carbonyl (C=O) groups excluding carboxylic acids is 1. The average molecular weight is 221 g/mol. The fourth-order valence-electron chi connectivity index (χ4n) is 1.43. The lowest BCUT2D eigenvalue weighted by atomic mass is 9.93. The van der Waals surface area contributed by atoms with E-state index in [0.717, 1.165) is 5.56 Å². The number of nitrogens with two attached hydrogens (primary N) is 1. The summed E-state index contributed by atoms with van der Waals surface area (Å²) in [6.07, 6.45) is 4.70. The van der Waals surface area contributed by atoms with Gasteiger partial charge in [-0.2, -0.15) is 0 Å². The highest BCUT2D eigenvalue weighted by atomic mass is 16.2.